The van der Waals surface area contributed by atoms with Crippen molar-refractivity contribution in [2.45, 2.75) is 32.7 Å². The lowest BCUT2D eigenvalue weighted by Gasteiger charge is -2.22. The zero-order valence-electron chi connectivity index (χ0n) is 18.1. The van der Waals surface area contributed by atoms with E-state index in [0.29, 0.717) is 19.4 Å². The topological polar surface area (TPSA) is 81.2 Å². The van der Waals surface area contributed by atoms with E-state index >= 15 is 0 Å². The Bertz CT molecular complexity index is 1040. The highest BCUT2D eigenvalue weighted by molar-refractivity contribution is 6.28. The average molecular weight is 452 g/mol. The summed E-state index contributed by atoms with van der Waals surface area (Å²) in [6.07, 6.45) is 2.43. The number of halogens is 1. The highest BCUT2D eigenvalue weighted by Gasteiger charge is 2.23. The van der Waals surface area contributed by atoms with Gasteiger partial charge >= 0.3 is 5.97 Å². The first kappa shape index (κ1) is 23.4. The Morgan fingerprint density at radius 2 is 1.72 bits per heavy atom. The molecule has 0 radical (unpaired) electrons. The van der Waals surface area contributed by atoms with E-state index in [0.717, 1.165) is 16.7 Å². The van der Waals surface area contributed by atoms with E-state index in [1.54, 1.807) is 13.8 Å². The number of nitrogens with one attached hydrogen (secondary N) is 1. The molecule has 0 saturated heterocycles. The van der Waals surface area contributed by atoms with Crippen molar-refractivity contribution in [3.8, 4) is 11.1 Å². The van der Waals surface area contributed by atoms with Crippen molar-refractivity contribution < 1.29 is 14.3 Å². The van der Waals surface area contributed by atoms with Crippen molar-refractivity contribution >= 4 is 23.5 Å². The maximum absolute atomic E-state index is 12.7. The van der Waals surface area contributed by atoms with Gasteiger partial charge in [-0.25, -0.2) is 9.97 Å². The number of hydrogen-bond acceptors (Lipinski definition) is 5. The molecule has 6 nitrogen and oxygen atoms in total. The van der Waals surface area contributed by atoms with Gasteiger partial charge in [0, 0.05) is 12.2 Å². The maximum atomic E-state index is 12.7. The smallest absolute Gasteiger partial charge is 0.308 e. The van der Waals surface area contributed by atoms with Crippen molar-refractivity contribution in [3.63, 3.8) is 0 Å². The predicted octanol–water partition coefficient (Wildman–Crippen LogP) is 4.73. The number of amides is 1. The van der Waals surface area contributed by atoms with Gasteiger partial charge in [0.25, 0.3) is 5.91 Å². The number of nitrogens with zero attached hydrogens (tertiary/aromatic N) is 2. The molecule has 3 rings (SSSR count). The Balaban J connectivity index is 1.75. The van der Waals surface area contributed by atoms with Gasteiger partial charge in [-0.15, -0.1) is 0 Å². The van der Waals surface area contributed by atoms with Gasteiger partial charge in [-0.05, 0) is 54.1 Å². The molecule has 0 fully saturated rings. The number of benzene rings is 2. The highest BCUT2D eigenvalue weighted by Crippen LogP contribution is 2.21. The largest absolute Gasteiger partial charge is 0.466 e. The molecule has 0 aliphatic rings. The van der Waals surface area contributed by atoms with E-state index in [4.69, 9.17) is 16.3 Å². The van der Waals surface area contributed by atoms with Crippen LogP contribution < -0.4 is 5.32 Å². The summed E-state index contributed by atoms with van der Waals surface area (Å²) in [7, 11) is 0. The summed E-state index contributed by atoms with van der Waals surface area (Å²) in [5, 5.41) is 2.99. The van der Waals surface area contributed by atoms with Crippen molar-refractivity contribution in [1.29, 1.82) is 0 Å². The van der Waals surface area contributed by atoms with Crippen LogP contribution in [0.4, 0.5) is 0 Å². The fourth-order valence-corrected chi connectivity index (χ4v) is 3.62. The molecule has 1 aromatic heterocycles. The molecular weight excluding hydrogens is 426 g/mol. The van der Waals surface area contributed by atoms with Gasteiger partial charge < -0.3 is 10.1 Å². The van der Waals surface area contributed by atoms with Gasteiger partial charge in [-0.2, -0.15) is 0 Å². The number of aromatic nitrogens is 2. The van der Waals surface area contributed by atoms with Crippen LogP contribution in [0.25, 0.3) is 11.1 Å². The van der Waals surface area contributed by atoms with Crippen LogP contribution in [0.2, 0.25) is 5.28 Å². The molecule has 0 spiro atoms. The predicted molar refractivity (Wildman–Crippen MR) is 124 cm³/mol. The van der Waals surface area contributed by atoms with Crippen LogP contribution >= 0.6 is 11.6 Å². The fourth-order valence-electron chi connectivity index (χ4n) is 3.47. The third-order valence-electron chi connectivity index (χ3n) is 5.06. The molecular formula is C25H26ClN3O3. The molecule has 0 aliphatic heterocycles. The number of rotatable bonds is 9. The summed E-state index contributed by atoms with van der Waals surface area (Å²) in [4.78, 5) is 32.7. The summed E-state index contributed by atoms with van der Waals surface area (Å²) in [5.74, 6) is -1.01. The van der Waals surface area contributed by atoms with Crippen molar-refractivity contribution in [3.05, 3.63) is 83.4 Å². The minimum absolute atomic E-state index is 0.00518. The van der Waals surface area contributed by atoms with E-state index in [2.05, 4.69) is 39.6 Å². The SMILES string of the molecule is CCOC(=O)[C@H](C)C[C@@H](Cc1ccc(-c2ccccc2)cc1)NC(=O)c1ccnc(Cl)n1. The number of carbonyl (C=O) groups excluding carboxylic acids is 2. The molecule has 2 atom stereocenters. The Labute approximate surface area is 193 Å². The second-order valence-electron chi connectivity index (χ2n) is 7.54. The number of hydrogen-bond donors (Lipinski definition) is 1. The maximum Gasteiger partial charge on any atom is 0.308 e. The monoisotopic (exact) mass is 451 g/mol. The van der Waals surface area contributed by atoms with E-state index in [1.165, 1.54) is 12.3 Å². The second-order valence-corrected chi connectivity index (χ2v) is 7.88. The summed E-state index contributed by atoms with van der Waals surface area (Å²) in [6, 6.07) is 19.5. The molecule has 166 valence electrons. The summed E-state index contributed by atoms with van der Waals surface area (Å²) >= 11 is 5.82. The zero-order valence-corrected chi connectivity index (χ0v) is 18.9. The van der Waals surface area contributed by atoms with Crippen LogP contribution in [0.3, 0.4) is 0 Å². The molecule has 7 heteroatoms. The van der Waals surface area contributed by atoms with Gasteiger partial charge in [0.1, 0.15) is 5.69 Å². The van der Waals surface area contributed by atoms with Crippen molar-refractivity contribution in [1.82, 2.24) is 15.3 Å². The third kappa shape index (κ3) is 6.62. The molecule has 1 N–H and O–H groups in total. The van der Waals surface area contributed by atoms with E-state index < -0.39 is 0 Å². The Hall–Kier alpha value is -3.25. The van der Waals surface area contributed by atoms with Crippen LogP contribution in [0, 0.1) is 5.92 Å². The van der Waals surface area contributed by atoms with Gasteiger partial charge in [-0.1, -0.05) is 61.5 Å². The standard InChI is InChI=1S/C25H26ClN3O3/c1-3-32-24(31)17(2)15-21(28-23(30)22-13-14-27-25(26)29-22)16-18-9-11-20(12-10-18)19-7-5-4-6-8-19/h4-14,17,21H,3,15-16H2,1-2H3,(H,28,30)/t17-,21+/m1/s1. The number of carbonyl (C=O) groups is 2. The Kier molecular flexibility index (Phi) is 8.34. The van der Waals surface area contributed by atoms with Crippen LogP contribution in [-0.4, -0.2) is 34.5 Å². The molecule has 2 aromatic carbocycles. The van der Waals surface area contributed by atoms with Crippen LogP contribution in [0.1, 0.15) is 36.3 Å². The van der Waals surface area contributed by atoms with Crippen LogP contribution in [0.15, 0.2) is 66.9 Å². The van der Waals surface area contributed by atoms with Crippen LogP contribution in [0.5, 0.6) is 0 Å². The Morgan fingerprint density at radius 1 is 1.03 bits per heavy atom. The average Bonchev–Trinajstić information content (AvgIpc) is 2.80. The van der Waals surface area contributed by atoms with Gasteiger partial charge in [-0.3, -0.25) is 9.59 Å². The van der Waals surface area contributed by atoms with Crippen molar-refractivity contribution in [2.75, 3.05) is 6.61 Å². The first-order chi connectivity index (χ1) is 15.5. The minimum atomic E-state index is -0.365. The van der Waals surface area contributed by atoms with Crippen LogP contribution in [-0.2, 0) is 16.0 Å². The lowest BCUT2D eigenvalue weighted by molar-refractivity contribution is -0.147. The van der Waals surface area contributed by atoms with Gasteiger partial charge in [0.15, 0.2) is 0 Å². The number of ether oxygens (including phenoxy) is 1. The molecule has 1 amide bonds. The molecule has 32 heavy (non-hydrogen) atoms. The second kappa shape index (κ2) is 11.4. The third-order valence-corrected chi connectivity index (χ3v) is 5.25. The highest BCUT2D eigenvalue weighted by atomic mass is 35.5. The Morgan fingerprint density at radius 3 is 2.38 bits per heavy atom. The summed E-state index contributed by atoms with van der Waals surface area (Å²) in [5.41, 5.74) is 3.48. The molecule has 1 heterocycles. The molecule has 3 aromatic rings. The van der Waals surface area contributed by atoms with Gasteiger partial charge in [0.2, 0.25) is 5.28 Å². The lowest BCUT2D eigenvalue weighted by atomic mass is 9.94. The quantitative estimate of drug-likeness (QED) is 0.376. The first-order valence-electron chi connectivity index (χ1n) is 10.6. The zero-order chi connectivity index (χ0) is 22.9. The molecule has 0 saturated carbocycles. The minimum Gasteiger partial charge on any atom is -0.466 e. The van der Waals surface area contributed by atoms with E-state index in [1.807, 2.05) is 30.3 Å². The fraction of sp³-hybridized carbons (Fsp3) is 0.280. The lowest BCUT2D eigenvalue weighted by Crippen LogP contribution is -2.39. The van der Waals surface area contributed by atoms with Gasteiger partial charge in [0.05, 0.1) is 12.5 Å². The van der Waals surface area contributed by atoms with E-state index in [-0.39, 0.29) is 34.8 Å². The molecule has 0 aliphatic carbocycles. The summed E-state index contributed by atoms with van der Waals surface area (Å²) in [6.45, 7) is 3.90. The molecule has 0 unspecified atom stereocenters. The molecule has 0 bridgehead atoms. The van der Waals surface area contributed by atoms with Crippen molar-refractivity contribution in [2.24, 2.45) is 5.92 Å². The first-order valence-corrected chi connectivity index (χ1v) is 10.9. The normalized spacial score (nSPS) is 12.6. The number of esters is 1. The van der Waals surface area contributed by atoms with E-state index in [9.17, 15) is 9.59 Å². The summed E-state index contributed by atoms with van der Waals surface area (Å²) < 4.78 is 5.14.